The van der Waals surface area contributed by atoms with Gasteiger partial charge in [-0.3, -0.25) is 24.1 Å². The maximum absolute atomic E-state index is 13.1. The molecular formula is C118H78N12O2S. The third-order valence-electron chi connectivity index (χ3n) is 24.5. The number of nitrogens with zero attached hydrogens (tertiary/aromatic N) is 12. The molecule has 0 unspecified atom stereocenters. The first-order valence-corrected chi connectivity index (χ1v) is 45.0. The predicted octanol–water partition coefficient (Wildman–Crippen LogP) is 29.3. The highest BCUT2D eigenvalue weighted by Crippen LogP contribution is 2.59. The first kappa shape index (κ1) is 79.9. The molecule has 26 rings (SSSR count). The van der Waals surface area contributed by atoms with Crippen LogP contribution >= 0.6 is 11.8 Å². The van der Waals surface area contributed by atoms with Crippen LogP contribution in [0, 0.1) is 0 Å². The van der Waals surface area contributed by atoms with Gasteiger partial charge in [-0.05, 0) is 131 Å². The summed E-state index contributed by atoms with van der Waals surface area (Å²) in [7, 11) is 0. The predicted molar refractivity (Wildman–Crippen MR) is 541 cm³/mol. The summed E-state index contributed by atoms with van der Waals surface area (Å²) >= 11 is 1.79. The third-order valence-corrected chi connectivity index (χ3v) is 25.6. The summed E-state index contributed by atoms with van der Waals surface area (Å²) in [5, 5.41) is 5.42. The van der Waals surface area contributed by atoms with Gasteiger partial charge in [0.25, 0.3) is 0 Å². The zero-order valence-corrected chi connectivity index (χ0v) is 72.4. The van der Waals surface area contributed by atoms with Crippen LogP contribution in [0.2, 0.25) is 0 Å². The molecule has 5 aromatic heterocycles. The summed E-state index contributed by atoms with van der Waals surface area (Å²) in [5.74, 6) is 4.08. The van der Waals surface area contributed by atoms with E-state index in [-0.39, 0.29) is 5.43 Å². The van der Waals surface area contributed by atoms with Crippen LogP contribution in [-0.2, 0) is 5.41 Å². The third kappa shape index (κ3) is 14.6. The fourth-order valence-electron chi connectivity index (χ4n) is 18.6. The van der Waals surface area contributed by atoms with Crippen LogP contribution in [0.1, 0.15) is 22.3 Å². The van der Waals surface area contributed by atoms with Crippen molar-refractivity contribution in [2.75, 3.05) is 14.7 Å². The molecule has 0 atom stereocenters. The van der Waals surface area contributed by atoms with Crippen molar-refractivity contribution in [2.45, 2.75) is 15.2 Å². The van der Waals surface area contributed by atoms with E-state index in [4.69, 9.17) is 44.6 Å². The monoisotopic (exact) mass is 1730 g/mol. The van der Waals surface area contributed by atoms with Gasteiger partial charge in [-0.15, -0.1) is 0 Å². The van der Waals surface area contributed by atoms with E-state index in [1.54, 1.807) is 11.8 Å². The molecule has 0 aliphatic carbocycles. The number of hydrogen-bond acceptors (Lipinski definition) is 14. The Bertz CT molecular complexity index is 7960. The molecule has 133 heavy (non-hydrogen) atoms. The minimum absolute atomic E-state index is 0.0199. The van der Waals surface area contributed by atoms with E-state index in [0.29, 0.717) is 34.6 Å². The van der Waals surface area contributed by atoms with Crippen molar-refractivity contribution in [3.05, 3.63) is 506 Å². The second-order valence-electron chi connectivity index (χ2n) is 32.3. The summed E-state index contributed by atoms with van der Waals surface area (Å²) in [6.07, 6.45) is 0. The number of benzene rings is 18. The summed E-state index contributed by atoms with van der Waals surface area (Å²) in [5.41, 5.74) is 23.6. The molecule has 8 heterocycles. The van der Waals surface area contributed by atoms with E-state index in [9.17, 15) is 4.79 Å². The Labute approximate surface area is 771 Å². The molecule has 15 heteroatoms. The lowest BCUT2D eigenvalue weighted by Gasteiger charge is -2.45. The van der Waals surface area contributed by atoms with Crippen molar-refractivity contribution < 1.29 is 4.74 Å². The smallest absolute Gasteiger partial charge is 0.236 e. The number of para-hydroxylation sites is 14. The van der Waals surface area contributed by atoms with E-state index in [1.807, 2.05) is 223 Å². The van der Waals surface area contributed by atoms with Gasteiger partial charge in [-0.2, -0.15) is 0 Å². The van der Waals surface area contributed by atoms with Crippen molar-refractivity contribution in [3.8, 4) is 62.5 Å². The number of pyridine rings is 1. The van der Waals surface area contributed by atoms with Gasteiger partial charge in [0.1, 0.15) is 0 Å². The quantitative estimate of drug-likeness (QED) is 0.120. The van der Waals surface area contributed by atoms with E-state index in [0.717, 1.165) is 145 Å². The van der Waals surface area contributed by atoms with Crippen LogP contribution in [0.4, 0.5) is 52.0 Å². The van der Waals surface area contributed by atoms with E-state index in [1.165, 1.54) is 32.0 Å². The summed E-state index contributed by atoms with van der Waals surface area (Å²) < 4.78 is 8.13. The van der Waals surface area contributed by atoms with Gasteiger partial charge in [0.15, 0.2) is 16.9 Å². The number of hydrogen-bond donors (Lipinski definition) is 0. The Morgan fingerprint density at radius 2 is 0.474 bits per heavy atom. The second kappa shape index (κ2) is 34.8. The van der Waals surface area contributed by atoms with Gasteiger partial charge >= 0.3 is 0 Å². The molecule has 0 bridgehead atoms. The molecule has 0 fully saturated rings. The molecule has 14 nitrogen and oxygen atoms in total. The Hall–Kier alpha value is -17.7. The van der Waals surface area contributed by atoms with E-state index < -0.39 is 5.41 Å². The first-order valence-electron chi connectivity index (χ1n) is 44.2. The molecule has 0 N–H and O–H groups in total. The summed E-state index contributed by atoms with van der Waals surface area (Å²) in [4.78, 5) is 62.5. The lowest BCUT2D eigenvalue weighted by Crippen LogP contribution is -2.38. The number of rotatable bonds is 10. The van der Waals surface area contributed by atoms with Crippen LogP contribution in [-0.4, -0.2) is 44.4 Å². The lowest BCUT2D eigenvalue weighted by molar-refractivity contribution is 0.476. The normalized spacial score (nSPS) is 12.4. The van der Waals surface area contributed by atoms with Gasteiger partial charge in [-0.1, -0.05) is 376 Å². The summed E-state index contributed by atoms with van der Waals surface area (Å²) in [6.45, 7) is 0. The van der Waals surface area contributed by atoms with Crippen molar-refractivity contribution >= 4 is 129 Å². The van der Waals surface area contributed by atoms with Gasteiger partial charge in [0, 0.05) is 64.4 Å². The molecule has 628 valence electrons. The molecule has 0 saturated heterocycles. The van der Waals surface area contributed by atoms with Gasteiger partial charge in [0.05, 0.1) is 95.4 Å². The Morgan fingerprint density at radius 3 is 0.842 bits per heavy atom. The zero-order chi connectivity index (χ0) is 88.6. The first-order chi connectivity index (χ1) is 65.9. The average molecular weight is 1730 g/mol. The average Bonchev–Trinajstić information content (AvgIpc) is 0.692. The fraction of sp³-hybridized carbons (Fsp3) is 0.00847. The second-order valence-corrected chi connectivity index (χ2v) is 33.4. The number of fused-ring (bicyclic) bond motifs is 12. The molecule has 0 saturated carbocycles. The van der Waals surface area contributed by atoms with Crippen LogP contribution in [0.25, 0.3) is 116 Å². The van der Waals surface area contributed by atoms with Gasteiger partial charge in [-0.25, -0.2) is 39.9 Å². The van der Waals surface area contributed by atoms with Crippen LogP contribution in [0.5, 0.6) is 11.5 Å². The molecule has 0 radical (unpaired) electrons. The van der Waals surface area contributed by atoms with E-state index in [2.05, 4.69) is 269 Å². The van der Waals surface area contributed by atoms with Crippen molar-refractivity contribution in [3.63, 3.8) is 0 Å². The SMILES string of the molecule is O=c1c2ccccc2n(-c2nc(-c3ccccc3)c3ccccc3n2)c2ccccc12.c1ccc(-c2nc(N3c4ccccc4C(c4ccccc4)(c4ccccc4)c4ccccc43)nc3ccccc23)cc1.c1ccc(-c2nc(N3c4ccccc4Oc4ccccc43)nc3ccccc23)cc1.c1ccc(-c2nc(N3c4ccccc4Sc4ccccc43)nc3ccccc23)cc1. The molecule has 3 aliphatic heterocycles. The maximum atomic E-state index is 13.1. The highest BCUT2D eigenvalue weighted by Gasteiger charge is 2.47. The minimum atomic E-state index is -0.523. The largest absolute Gasteiger partial charge is 0.453 e. The van der Waals surface area contributed by atoms with E-state index >= 15 is 0 Å². The molecule has 0 spiro atoms. The Morgan fingerprint density at radius 1 is 0.218 bits per heavy atom. The van der Waals surface area contributed by atoms with Gasteiger partial charge in [0.2, 0.25) is 23.8 Å². The number of anilines is 9. The van der Waals surface area contributed by atoms with Crippen LogP contribution < -0.4 is 24.9 Å². The van der Waals surface area contributed by atoms with Gasteiger partial charge < -0.3 is 4.74 Å². The Balaban J connectivity index is 0.000000101. The molecule has 3 aliphatic rings. The van der Waals surface area contributed by atoms with Crippen molar-refractivity contribution in [1.82, 2.24) is 44.4 Å². The molecule has 0 amide bonds. The topological polar surface area (TPSA) is 144 Å². The van der Waals surface area contributed by atoms with Crippen LogP contribution in [0.15, 0.2) is 488 Å². The lowest BCUT2D eigenvalue weighted by atomic mass is 9.62. The maximum Gasteiger partial charge on any atom is 0.236 e. The number of ether oxygens (including phenoxy) is 1. The highest BCUT2D eigenvalue weighted by atomic mass is 32.2. The van der Waals surface area contributed by atoms with Crippen molar-refractivity contribution in [1.29, 1.82) is 0 Å². The zero-order valence-electron chi connectivity index (χ0n) is 71.6. The minimum Gasteiger partial charge on any atom is -0.453 e. The number of aromatic nitrogens is 9. The molecular weight excluding hydrogens is 1650 g/mol. The standard InChI is InChI=1S/C39H27N3.C27H17N3O.C26H17N3O.C26H17N3S/c1-4-16-28(17-5-1)37-31-22-10-13-25-34(31)40-38(41-37)42-35-26-14-11-23-32(35)39(29-18-6-2-7-19-29,30-20-8-3-9-21-30)33-24-12-15-27-36(33)42;31-26-20-13-5-8-16-23(20)30(24-17-9-6-14-21(24)26)27-28-22-15-7-4-12-19(22)25(29-27)18-10-2-1-3-11-18;2*1-2-10-18(11-3-1)25-19-12-4-5-13-20(19)27-26(28-25)29-21-14-6-8-16-23(21)30-24-17-9-7-15-22(24)29/h1-27H;1-17H;2*1-17H. The summed E-state index contributed by atoms with van der Waals surface area (Å²) in [6, 6.07) is 161. The fourth-order valence-corrected chi connectivity index (χ4v) is 19.7. The molecule has 23 aromatic rings. The highest BCUT2D eigenvalue weighted by molar-refractivity contribution is 7.99. The van der Waals surface area contributed by atoms with Crippen LogP contribution in [0.3, 0.4) is 0 Å². The Kier molecular flexibility index (Phi) is 20.9. The van der Waals surface area contributed by atoms with Crippen molar-refractivity contribution in [2.24, 2.45) is 0 Å². The molecule has 18 aromatic carbocycles.